The van der Waals surface area contributed by atoms with Crippen molar-refractivity contribution in [1.29, 1.82) is 0 Å². The first-order chi connectivity index (χ1) is 17.1. The fourth-order valence-corrected chi connectivity index (χ4v) is 5.64. The molecule has 7 heteroatoms. The summed E-state index contributed by atoms with van der Waals surface area (Å²) < 4.78 is 40.5. The Kier molecular flexibility index (Phi) is 6.45. The smallest absolute Gasteiger partial charge is 0.161 e. The van der Waals surface area contributed by atoms with Crippen molar-refractivity contribution in [1.82, 2.24) is 9.47 Å². The number of fused-ring (bicyclic) bond motifs is 6. The van der Waals surface area contributed by atoms with Crippen molar-refractivity contribution < 1.29 is 23.4 Å². The number of rotatable bonds is 5. The first kappa shape index (κ1) is 24.3. The Balaban J connectivity index is 0.00000267. The maximum atomic E-state index is 13.6. The van der Waals surface area contributed by atoms with Crippen LogP contribution in [0.4, 0.5) is 8.78 Å². The van der Waals surface area contributed by atoms with E-state index < -0.39 is 11.6 Å². The number of aliphatic hydroxyl groups is 1. The molecule has 3 heterocycles. The summed E-state index contributed by atoms with van der Waals surface area (Å²) in [5.41, 5.74) is 6.53. The van der Waals surface area contributed by atoms with E-state index in [-0.39, 0.29) is 26.8 Å². The van der Waals surface area contributed by atoms with Gasteiger partial charge in [0.1, 0.15) is 13.3 Å². The molecule has 0 saturated carbocycles. The Bertz CT molecular complexity index is 1430. The molecule has 0 bridgehead atoms. The van der Waals surface area contributed by atoms with Gasteiger partial charge in [-0.3, -0.25) is 4.90 Å². The zero-order chi connectivity index (χ0) is 24.1. The highest BCUT2D eigenvalue weighted by molar-refractivity contribution is 5.86. The van der Waals surface area contributed by atoms with Gasteiger partial charge in [0.15, 0.2) is 23.1 Å². The minimum Gasteiger partial charge on any atom is -0.493 e. The van der Waals surface area contributed by atoms with E-state index in [1.54, 1.807) is 7.11 Å². The number of aliphatic hydroxyl groups excluding tert-OH is 1. The van der Waals surface area contributed by atoms with Crippen LogP contribution >= 0.6 is 0 Å². The van der Waals surface area contributed by atoms with Gasteiger partial charge in [-0.1, -0.05) is 31.7 Å². The Morgan fingerprint density at radius 3 is 2.64 bits per heavy atom. The molecule has 1 N–H and O–H groups in total. The summed E-state index contributed by atoms with van der Waals surface area (Å²) in [5, 5.41) is 11.3. The van der Waals surface area contributed by atoms with Gasteiger partial charge >= 0.3 is 0 Å². The van der Waals surface area contributed by atoms with Gasteiger partial charge in [-0.15, -0.1) is 0 Å². The third-order valence-electron chi connectivity index (χ3n) is 7.36. The van der Waals surface area contributed by atoms with E-state index >= 15 is 0 Å². The van der Waals surface area contributed by atoms with E-state index in [0.717, 1.165) is 43.6 Å². The van der Waals surface area contributed by atoms with Gasteiger partial charge in [0, 0.05) is 30.2 Å². The van der Waals surface area contributed by atoms with Crippen LogP contribution in [0.3, 0.4) is 0 Å². The van der Waals surface area contributed by atoms with Gasteiger partial charge in [0.25, 0.3) is 0 Å². The third-order valence-corrected chi connectivity index (χ3v) is 7.36. The molecule has 2 aliphatic heterocycles. The summed E-state index contributed by atoms with van der Waals surface area (Å²) in [6, 6.07) is 16.3. The molecule has 0 radical (unpaired) electrons. The number of ether oxygens (including phenoxy) is 2. The van der Waals surface area contributed by atoms with Gasteiger partial charge < -0.3 is 19.1 Å². The van der Waals surface area contributed by atoms with Crippen LogP contribution in [0.25, 0.3) is 10.9 Å². The van der Waals surface area contributed by atoms with Crippen LogP contribution in [0, 0.1) is 11.6 Å². The van der Waals surface area contributed by atoms with Crippen molar-refractivity contribution in [3.8, 4) is 11.5 Å². The number of aromatic nitrogens is 1. The number of benzene rings is 3. The Labute approximate surface area is 209 Å². The second-order valence-electron chi connectivity index (χ2n) is 9.19. The summed E-state index contributed by atoms with van der Waals surface area (Å²) in [7, 11) is 1.61. The predicted octanol–water partition coefficient (Wildman–Crippen LogP) is 5.75. The SMILES string of the molecule is C.COc1cc2c(cc1OCc1ccc(F)c(F)c1)CCN1Cc3c(c4ccccc4n3CO)CC21. The second kappa shape index (κ2) is 9.56. The number of halogens is 2. The van der Waals surface area contributed by atoms with Crippen LogP contribution in [0.2, 0.25) is 0 Å². The van der Waals surface area contributed by atoms with Crippen molar-refractivity contribution in [2.45, 2.75) is 46.2 Å². The Morgan fingerprint density at radius 1 is 1.03 bits per heavy atom. The zero-order valence-corrected chi connectivity index (χ0v) is 19.4. The van der Waals surface area contributed by atoms with Crippen LogP contribution in [0.1, 0.15) is 41.4 Å². The predicted molar refractivity (Wildman–Crippen MR) is 135 cm³/mol. The minimum absolute atomic E-state index is 0. The summed E-state index contributed by atoms with van der Waals surface area (Å²) >= 11 is 0. The van der Waals surface area contributed by atoms with Crippen molar-refractivity contribution in [2.24, 2.45) is 0 Å². The highest BCUT2D eigenvalue weighted by atomic mass is 19.2. The standard InChI is InChI=1S/C28H26F2N2O3.CH4/c1-34-27-13-20-18(11-28(27)35-15-17-6-7-22(29)23(30)10-17)8-9-31-14-26-21(12-25(20)31)19-4-2-3-5-24(19)32(26)16-33;/h2-7,10-11,13,25,33H,8-9,12,14-16H2,1H3;1H4. The van der Waals surface area contributed by atoms with Crippen molar-refractivity contribution >= 4 is 10.9 Å². The highest BCUT2D eigenvalue weighted by Crippen LogP contribution is 2.44. The van der Waals surface area contributed by atoms with E-state index in [1.165, 1.54) is 33.8 Å². The average Bonchev–Trinajstić information content (AvgIpc) is 3.20. The van der Waals surface area contributed by atoms with Crippen molar-refractivity contribution in [2.75, 3.05) is 13.7 Å². The van der Waals surface area contributed by atoms with Crippen LogP contribution in [-0.2, 0) is 32.7 Å². The topological polar surface area (TPSA) is 46.9 Å². The summed E-state index contributed by atoms with van der Waals surface area (Å²) in [6.45, 7) is 1.77. The molecule has 0 saturated heterocycles. The molecular weight excluding hydrogens is 462 g/mol. The Morgan fingerprint density at radius 2 is 1.86 bits per heavy atom. The monoisotopic (exact) mass is 492 g/mol. The molecule has 3 aromatic carbocycles. The third kappa shape index (κ3) is 3.92. The molecule has 188 valence electrons. The Hall–Kier alpha value is -3.42. The normalized spacial score (nSPS) is 16.6. The van der Waals surface area contributed by atoms with Gasteiger partial charge in [-0.05, 0) is 65.4 Å². The molecule has 1 aromatic heterocycles. The maximum absolute atomic E-state index is 13.6. The maximum Gasteiger partial charge on any atom is 0.161 e. The number of hydrogen-bond donors (Lipinski definition) is 1. The molecule has 6 rings (SSSR count). The molecule has 5 nitrogen and oxygen atoms in total. The van der Waals surface area contributed by atoms with E-state index in [9.17, 15) is 13.9 Å². The summed E-state index contributed by atoms with van der Waals surface area (Å²) in [6.07, 6.45) is 1.72. The fraction of sp³-hybridized carbons (Fsp3) is 0.310. The number of para-hydroxylation sites is 1. The van der Waals surface area contributed by atoms with E-state index in [4.69, 9.17) is 9.47 Å². The molecule has 2 aliphatic rings. The molecule has 0 aliphatic carbocycles. The van der Waals surface area contributed by atoms with E-state index in [2.05, 4.69) is 23.1 Å². The summed E-state index contributed by atoms with van der Waals surface area (Å²) in [4.78, 5) is 2.47. The van der Waals surface area contributed by atoms with E-state index in [0.29, 0.717) is 17.1 Å². The number of nitrogens with zero attached hydrogens (tertiary/aromatic N) is 2. The van der Waals surface area contributed by atoms with Gasteiger partial charge in [-0.25, -0.2) is 8.78 Å². The van der Waals surface area contributed by atoms with Crippen molar-refractivity contribution in [3.05, 3.63) is 94.2 Å². The van der Waals surface area contributed by atoms with Crippen LogP contribution in [-0.4, -0.2) is 28.2 Å². The fourth-order valence-electron chi connectivity index (χ4n) is 5.64. The largest absolute Gasteiger partial charge is 0.493 e. The lowest BCUT2D eigenvalue weighted by molar-refractivity contribution is 0.145. The molecule has 0 fully saturated rings. The first-order valence-corrected chi connectivity index (χ1v) is 11.8. The lowest BCUT2D eigenvalue weighted by Crippen LogP contribution is -2.39. The quantitative estimate of drug-likeness (QED) is 0.386. The lowest BCUT2D eigenvalue weighted by atomic mass is 9.85. The zero-order valence-electron chi connectivity index (χ0n) is 19.4. The van der Waals surface area contributed by atoms with Crippen LogP contribution in [0.5, 0.6) is 11.5 Å². The van der Waals surface area contributed by atoms with Gasteiger partial charge in [0.2, 0.25) is 0 Å². The molecule has 1 atom stereocenters. The van der Waals surface area contributed by atoms with Gasteiger partial charge in [0.05, 0.1) is 12.6 Å². The minimum atomic E-state index is -0.886. The molecule has 1 unspecified atom stereocenters. The first-order valence-electron chi connectivity index (χ1n) is 11.8. The highest BCUT2D eigenvalue weighted by Gasteiger charge is 2.35. The van der Waals surface area contributed by atoms with E-state index in [1.807, 2.05) is 22.8 Å². The number of methoxy groups -OCH3 is 1. The number of hydrogen-bond acceptors (Lipinski definition) is 4. The lowest BCUT2D eigenvalue weighted by Gasteiger charge is -2.41. The summed E-state index contributed by atoms with van der Waals surface area (Å²) in [5.74, 6) is -0.542. The molecular formula is C29H30F2N2O3. The van der Waals surface area contributed by atoms with Crippen LogP contribution in [0.15, 0.2) is 54.6 Å². The van der Waals surface area contributed by atoms with Crippen molar-refractivity contribution in [3.63, 3.8) is 0 Å². The molecule has 0 spiro atoms. The molecule has 0 amide bonds. The molecule has 36 heavy (non-hydrogen) atoms. The molecule has 4 aromatic rings. The second-order valence-corrected chi connectivity index (χ2v) is 9.19. The average molecular weight is 493 g/mol. The van der Waals surface area contributed by atoms with Gasteiger partial charge in [-0.2, -0.15) is 0 Å². The van der Waals surface area contributed by atoms with Crippen LogP contribution < -0.4 is 9.47 Å².